The van der Waals surface area contributed by atoms with Crippen LogP contribution in [-0.4, -0.2) is 17.0 Å². The summed E-state index contributed by atoms with van der Waals surface area (Å²) in [5.74, 6) is 1.51. The molecule has 1 aliphatic rings. The van der Waals surface area contributed by atoms with E-state index in [1.54, 1.807) is 11.3 Å². The Balaban J connectivity index is 2.19. The summed E-state index contributed by atoms with van der Waals surface area (Å²) in [5.41, 5.74) is 1.30. The van der Waals surface area contributed by atoms with E-state index in [2.05, 4.69) is 29.1 Å². The van der Waals surface area contributed by atoms with Crippen molar-refractivity contribution in [2.75, 3.05) is 7.05 Å². The van der Waals surface area contributed by atoms with E-state index in [1.165, 1.54) is 16.9 Å². The predicted molar refractivity (Wildman–Crippen MR) is 77.7 cm³/mol. The van der Waals surface area contributed by atoms with Gasteiger partial charge in [-0.25, -0.2) is 4.98 Å². The van der Waals surface area contributed by atoms with Crippen LogP contribution in [0.3, 0.4) is 0 Å². The van der Waals surface area contributed by atoms with Crippen molar-refractivity contribution in [3.05, 3.63) is 26.6 Å². The molecule has 4 nitrogen and oxygen atoms in total. The number of thiophene rings is 1. The second kappa shape index (κ2) is 4.72. The lowest BCUT2D eigenvalue weighted by Gasteiger charge is -2.17. The van der Waals surface area contributed by atoms with E-state index in [0.29, 0.717) is 0 Å². The van der Waals surface area contributed by atoms with E-state index >= 15 is 0 Å². The summed E-state index contributed by atoms with van der Waals surface area (Å²) in [5, 5.41) is 2.90. The first kappa shape index (κ1) is 12.8. The molecule has 0 bridgehead atoms. The topological polar surface area (TPSA) is 62.4 Å². The Kier molecular flexibility index (Phi) is 3.19. The first-order valence-electron chi connectivity index (χ1n) is 6.94. The largest absolute Gasteiger partial charge is 0.340 e. The van der Waals surface area contributed by atoms with Crippen molar-refractivity contribution in [1.29, 1.82) is 0 Å². The molecule has 3 N–H and O–H groups in total. The molecule has 0 saturated carbocycles. The van der Waals surface area contributed by atoms with Gasteiger partial charge in [0.2, 0.25) is 0 Å². The van der Waals surface area contributed by atoms with E-state index in [4.69, 9.17) is 0 Å². The fourth-order valence-electron chi connectivity index (χ4n) is 2.74. The molecule has 2 atom stereocenters. The van der Waals surface area contributed by atoms with E-state index < -0.39 is 0 Å². The molecule has 0 amide bonds. The van der Waals surface area contributed by atoms with Crippen LogP contribution in [-0.2, 0) is 12.8 Å². The van der Waals surface area contributed by atoms with Gasteiger partial charge in [0.05, 0.1) is 12.4 Å². The highest BCUT2D eigenvalue weighted by Gasteiger charge is 2.23. The van der Waals surface area contributed by atoms with E-state index in [1.807, 2.05) is 7.05 Å². The van der Waals surface area contributed by atoms with Gasteiger partial charge in [-0.3, -0.25) is 4.79 Å². The number of rotatable bonds is 2. The molecule has 19 heavy (non-hydrogen) atoms. The van der Waals surface area contributed by atoms with Crippen LogP contribution in [0.4, 0.5) is 0 Å². The summed E-state index contributed by atoms with van der Waals surface area (Å²) in [6, 6.07) is 0.190. The number of hydrogen-bond donors (Lipinski definition) is 2. The second-order valence-electron chi connectivity index (χ2n) is 5.61. The van der Waals surface area contributed by atoms with Gasteiger partial charge in [0, 0.05) is 4.88 Å². The summed E-state index contributed by atoms with van der Waals surface area (Å²) < 4.78 is 0. The van der Waals surface area contributed by atoms with Gasteiger partial charge in [-0.2, -0.15) is 0 Å². The smallest absolute Gasteiger partial charge is 0.260 e. The van der Waals surface area contributed by atoms with E-state index in [0.717, 1.165) is 34.8 Å². The fraction of sp³-hybridized carbons (Fsp3) is 0.571. The number of H-pyrrole nitrogens is 1. The number of hydrogen-bond acceptors (Lipinski definition) is 3. The summed E-state index contributed by atoms with van der Waals surface area (Å²) in [7, 11) is 2.00. The minimum atomic E-state index is 0.0424. The molecule has 0 unspecified atom stereocenters. The van der Waals surface area contributed by atoms with Gasteiger partial charge in [0.15, 0.2) is 5.82 Å². The molecule has 0 aliphatic heterocycles. The van der Waals surface area contributed by atoms with Crippen molar-refractivity contribution in [2.24, 2.45) is 5.92 Å². The van der Waals surface area contributed by atoms with E-state index in [-0.39, 0.29) is 11.6 Å². The van der Waals surface area contributed by atoms with Crippen LogP contribution in [0.15, 0.2) is 4.79 Å². The zero-order valence-electron chi connectivity index (χ0n) is 11.6. The number of fused-ring (bicyclic) bond motifs is 3. The highest BCUT2D eigenvalue weighted by molar-refractivity contribution is 7.18. The molecule has 0 radical (unpaired) electrons. The number of nitrogens with one attached hydrogen (secondary N) is 1. The Morgan fingerprint density at radius 2 is 2.32 bits per heavy atom. The molecule has 102 valence electrons. The first-order valence-corrected chi connectivity index (χ1v) is 7.75. The molecule has 0 spiro atoms. The van der Waals surface area contributed by atoms with Crippen molar-refractivity contribution >= 4 is 21.6 Å². The number of aromatic amines is 1. The SMILES string of the molecule is C[NH2+][C@H](C)c1nc2sc3c(c2c(=O)[nH]1)CC[C@@H](C)C3. The lowest BCUT2D eigenvalue weighted by atomic mass is 9.89. The van der Waals surface area contributed by atoms with Crippen LogP contribution in [0, 0.1) is 5.92 Å². The summed E-state index contributed by atoms with van der Waals surface area (Å²) in [6.07, 6.45) is 3.30. The van der Waals surface area contributed by atoms with Crippen molar-refractivity contribution in [2.45, 2.75) is 39.2 Å². The monoisotopic (exact) mass is 278 g/mol. The number of nitrogens with zero attached hydrogens (tertiary/aromatic N) is 1. The maximum Gasteiger partial charge on any atom is 0.260 e. The van der Waals surface area contributed by atoms with Gasteiger partial charge < -0.3 is 10.3 Å². The Morgan fingerprint density at radius 3 is 3.05 bits per heavy atom. The Morgan fingerprint density at radius 1 is 1.53 bits per heavy atom. The Labute approximate surface area is 116 Å². The standard InChI is InChI=1S/C14H19N3OS/c1-7-4-5-9-10(6-7)19-14-11(9)13(18)16-12(17-14)8(2)15-3/h7-8,15H,4-6H2,1-3H3,(H,16,17,18)/p+1/t7-,8-/m1/s1. The van der Waals surface area contributed by atoms with E-state index in [9.17, 15) is 4.79 Å². The van der Waals surface area contributed by atoms with Gasteiger partial charge in [0.1, 0.15) is 10.9 Å². The van der Waals surface area contributed by atoms with Gasteiger partial charge in [-0.1, -0.05) is 6.92 Å². The molecule has 5 heteroatoms. The Bertz CT molecular complexity index is 673. The third-order valence-electron chi connectivity index (χ3n) is 4.12. The third-order valence-corrected chi connectivity index (χ3v) is 5.26. The number of aryl methyl sites for hydroxylation is 1. The zero-order chi connectivity index (χ0) is 13.6. The van der Waals surface area contributed by atoms with Crippen LogP contribution < -0.4 is 10.9 Å². The normalized spacial score (nSPS) is 20.5. The summed E-state index contributed by atoms with van der Waals surface area (Å²) in [6.45, 7) is 4.34. The molecule has 0 saturated heterocycles. The molecule has 1 aliphatic carbocycles. The molecule has 2 aromatic heterocycles. The summed E-state index contributed by atoms with van der Waals surface area (Å²) >= 11 is 1.71. The lowest BCUT2D eigenvalue weighted by molar-refractivity contribution is -0.667. The summed E-state index contributed by atoms with van der Waals surface area (Å²) in [4.78, 5) is 22.3. The molecule has 0 aromatic carbocycles. The maximum atomic E-state index is 12.3. The Hall–Kier alpha value is -1.20. The van der Waals surface area contributed by atoms with Crippen molar-refractivity contribution in [3.8, 4) is 0 Å². The van der Waals surface area contributed by atoms with Crippen LogP contribution in [0.25, 0.3) is 10.2 Å². The quantitative estimate of drug-likeness (QED) is 0.871. The van der Waals surface area contributed by atoms with Crippen LogP contribution >= 0.6 is 11.3 Å². The van der Waals surface area contributed by atoms with Crippen molar-refractivity contribution in [3.63, 3.8) is 0 Å². The van der Waals surface area contributed by atoms with Crippen LogP contribution in [0.2, 0.25) is 0 Å². The zero-order valence-corrected chi connectivity index (χ0v) is 12.4. The third kappa shape index (κ3) is 2.11. The predicted octanol–water partition coefficient (Wildman–Crippen LogP) is 1.36. The molecule has 2 heterocycles. The van der Waals surface area contributed by atoms with Crippen molar-refractivity contribution < 1.29 is 5.32 Å². The second-order valence-corrected chi connectivity index (χ2v) is 6.69. The molecule has 3 rings (SSSR count). The van der Waals surface area contributed by atoms with Gasteiger partial charge in [-0.15, -0.1) is 11.3 Å². The van der Waals surface area contributed by atoms with Crippen LogP contribution in [0.1, 0.15) is 42.6 Å². The average molecular weight is 278 g/mol. The highest BCUT2D eigenvalue weighted by Crippen LogP contribution is 2.35. The van der Waals surface area contributed by atoms with Crippen molar-refractivity contribution in [1.82, 2.24) is 9.97 Å². The first-order chi connectivity index (χ1) is 9.10. The average Bonchev–Trinajstić information content (AvgIpc) is 2.75. The van der Waals surface area contributed by atoms with Gasteiger partial charge in [0.25, 0.3) is 5.56 Å². The lowest BCUT2D eigenvalue weighted by Crippen LogP contribution is -2.80. The number of nitrogens with two attached hydrogens (primary N) is 1. The number of aromatic nitrogens is 2. The maximum absolute atomic E-state index is 12.3. The highest BCUT2D eigenvalue weighted by atomic mass is 32.1. The molecular formula is C14H20N3OS+. The minimum absolute atomic E-state index is 0.0424. The molecular weight excluding hydrogens is 258 g/mol. The fourth-order valence-corrected chi connectivity index (χ4v) is 4.13. The minimum Gasteiger partial charge on any atom is -0.340 e. The van der Waals surface area contributed by atoms with Gasteiger partial charge in [-0.05, 0) is 37.7 Å². The molecule has 0 fully saturated rings. The van der Waals surface area contributed by atoms with Gasteiger partial charge >= 0.3 is 0 Å². The number of quaternary nitrogens is 1. The van der Waals surface area contributed by atoms with Crippen LogP contribution in [0.5, 0.6) is 0 Å². The molecule has 2 aromatic rings.